The molecule has 0 amide bonds. The van der Waals surface area contributed by atoms with Gasteiger partial charge >= 0.3 is 0 Å². The first kappa shape index (κ1) is 23.7. The lowest BCUT2D eigenvalue weighted by molar-refractivity contribution is 0.285. The highest BCUT2D eigenvalue weighted by molar-refractivity contribution is 7.92. The van der Waals surface area contributed by atoms with Gasteiger partial charge in [0.1, 0.15) is 0 Å². The van der Waals surface area contributed by atoms with Crippen LogP contribution in [0.4, 0.5) is 11.6 Å². The number of fused-ring (bicyclic) bond motifs is 1. The lowest BCUT2D eigenvalue weighted by Crippen LogP contribution is -2.32. The van der Waals surface area contributed by atoms with E-state index in [2.05, 4.69) is 25.6 Å². The second-order valence-corrected chi connectivity index (χ2v) is 10.4. The molecule has 0 aliphatic carbocycles. The number of aromatic nitrogens is 2. The number of anilines is 2. The Labute approximate surface area is 210 Å². The summed E-state index contributed by atoms with van der Waals surface area (Å²) in [5.74, 6) is 0.770. The van der Waals surface area contributed by atoms with Gasteiger partial charge in [-0.05, 0) is 48.4 Å². The van der Waals surface area contributed by atoms with Crippen molar-refractivity contribution in [3.63, 3.8) is 0 Å². The minimum Gasteiger partial charge on any atom is -0.352 e. The van der Waals surface area contributed by atoms with Crippen LogP contribution in [0.2, 0.25) is 0 Å². The average Bonchev–Trinajstić information content (AvgIpc) is 3.14. The summed E-state index contributed by atoms with van der Waals surface area (Å²) in [5, 5.41) is 9.03. The van der Waals surface area contributed by atoms with Gasteiger partial charge in [0.05, 0.1) is 27.6 Å². The molecule has 0 atom stereocenters. The van der Waals surface area contributed by atoms with Gasteiger partial charge in [0.2, 0.25) is 0 Å². The molecule has 3 aromatic carbocycles. The number of rotatable bonds is 6. The normalized spacial score (nSPS) is 14.8. The van der Waals surface area contributed by atoms with Gasteiger partial charge in [-0.2, -0.15) is 5.26 Å². The first-order chi connectivity index (χ1) is 17.5. The zero-order valence-corrected chi connectivity index (χ0v) is 20.5. The first-order valence-electron chi connectivity index (χ1n) is 11.8. The number of hydrogen-bond donors (Lipinski definition) is 1. The van der Waals surface area contributed by atoms with Crippen LogP contribution >= 0.6 is 0 Å². The number of nitriles is 1. The van der Waals surface area contributed by atoms with Crippen molar-refractivity contribution in [1.29, 1.82) is 5.26 Å². The van der Waals surface area contributed by atoms with Crippen LogP contribution in [0, 0.1) is 11.3 Å². The predicted molar refractivity (Wildman–Crippen MR) is 140 cm³/mol. The highest BCUT2D eigenvalue weighted by Crippen LogP contribution is 2.28. The van der Waals surface area contributed by atoms with E-state index < -0.39 is 10.0 Å². The van der Waals surface area contributed by atoms with Crippen molar-refractivity contribution in [1.82, 2.24) is 14.9 Å². The van der Waals surface area contributed by atoms with E-state index in [4.69, 9.17) is 10.2 Å². The fraction of sp³-hybridized carbons (Fsp3) is 0.222. The average molecular weight is 499 g/mol. The molecule has 5 rings (SSSR count). The molecule has 0 spiro atoms. The van der Waals surface area contributed by atoms with Crippen LogP contribution in [0.3, 0.4) is 0 Å². The summed E-state index contributed by atoms with van der Waals surface area (Å²) >= 11 is 0. The largest absolute Gasteiger partial charge is 0.352 e. The number of nitrogens with one attached hydrogen (secondary N) is 1. The van der Waals surface area contributed by atoms with Crippen LogP contribution in [-0.4, -0.2) is 49.5 Å². The summed E-state index contributed by atoms with van der Waals surface area (Å²) in [7, 11) is -3.82. The summed E-state index contributed by atoms with van der Waals surface area (Å²) in [5.41, 5.74) is 3.16. The zero-order valence-electron chi connectivity index (χ0n) is 19.7. The van der Waals surface area contributed by atoms with Gasteiger partial charge in [0.15, 0.2) is 11.6 Å². The molecule has 1 aliphatic rings. The van der Waals surface area contributed by atoms with E-state index in [1.165, 1.54) is 0 Å². The summed E-state index contributed by atoms with van der Waals surface area (Å²) < 4.78 is 28.9. The Hall–Kier alpha value is -4.00. The smallest absolute Gasteiger partial charge is 0.263 e. The van der Waals surface area contributed by atoms with Crippen LogP contribution in [0.25, 0.3) is 11.0 Å². The third kappa shape index (κ3) is 5.30. The van der Waals surface area contributed by atoms with Crippen molar-refractivity contribution >= 4 is 32.7 Å². The second-order valence-electron chi connectivity index (χ2n) is 8.73. The van der Waals surface area contributed by atoms with E-state index >= 15 is 0 Å². The minimum atomic E-state index is -3.82. The van der Waals surface area contributed by atoms with Gasteiger partial charge in [-0.25, -0.2) is 18.4 Å². The summed E-state index contributed by atoms with van der Waals surface area (Å²) in [4.78, 5) is 14.1. The summed E-state index contributed by atoms with van der Waals surface area (Å²) in [6.07, 6.45) is 0.898. The Morgan fingerprint density at radius 1 is 0.833 bits per heavy atom. The molecule has 9 heteroatoms. The molecule has 0 radical (unpaired) electrons. The monoisotopic (exact) mass is 498 g/mol. The van der Waals surface area contributed by atoms with E-state index in [1.54, 1.807) is 30.3 Å². The van der Waals surface area contributed by atoms with Crippen LogP contribution in [0.15, 0.2) is 83.8 Å². The fourth-order valence-electron chi connectivity index (χ4n) is 4.35. The van der Waals surface area contributed by atoms with Gasteiger partial charge in [-0.3, -0.25) is 9.62 Å². The lowest BCUT2D eigenvalue weighted by Gasteiger charge is -2.25. The number of nitrogens with zero attached hydrogens (tertiary/aromatic N) is 5. The van der Waals surface area contributed by atoms with Gasteiger partial charge in [0.25, 0.3) is 10.0 Å². The molecule has 36 heavy (non-hydrogen) atoms. The van der Waals surface area contributed by atoms with Gasteiger partial charge < -0.3 is 4.90 Å². The van der Waals surface area contributed by atoms with Crippen molar-refractivity contribution in [3.05, 3.63) is 90.0 Å². The van der Waals surface area contributed by atoms with Crippen molar-refractivity contribution in [2.45, 2.75) is 17.9 Å². The van der Waals surface area contributed by atoms with Crippen LogP contribution < -0.4 is 9.62 Å². The standard InChI is InChI=1S/C27H26N6O2S/c28-19-21-11-13-22(14-12-21)20-32-15-6-16-33(18-17-32)27-26(29-24-9-4-5-10-25(24)30-27)31-36(34,35)23-7-2-1-3-8-23/h1-5,7-14H,6,15-18,20H2,(H,29,31). The lowest BCUT2D eigenvalue weighted by atomic mass is 10.1. The topological polar surface area (TPSA) is 102 Å². The minimum absolute atomic E-state index is 0.176. The highest BCUT2D eigenvalue weighted by Gasteiger charge is 2.24. The van der Waals surface area contributed by atoms with Gasteiger partial charge in [-0.15, -0.1) is 0 Å². The third-order valence-electron chi connectivity index (χ3n) is 6.21. The fourth-order valence-corrected chi connectivity index (χ4v) is 5.37. The highest BCUT2D eigenvalue weighted by atomic mass is 32.2. The van der Waals surface area contributed by atoms with Crippen molar-refractivity contribution in [2.75, 3.05) is 35.8 Å². The number of sulfonamides is 1. The summed E-state index contributed by atoms with van der Waals surface area (Å²) in [6, 6.07) is 25.6. The Bertz CT molecular complexity index is 1500. The molecule has 1 fully saturated rings. The van der Waals surface area contributed by atoms with Crippen molar-refractivity contribution in [3.8, 4) is 6.07 Å². The molecule has 182 valence electrons. The van der Waals surface area contributed by atoms with E-state index in [0.29, 0.717) is 29.0 Å². The Morgan fingerprint density at radius 2 is 1.53 bits per heavy atom. The SMILES string of the molecule is N#Cc1ccc(CN2CCCN(c3nc4ccccc4nc3NS(=O)(=O)c3ccccc3)CC2)cc1. The quantitative estimate of drug-likeness (QED) is 0.428. The first-order valence-corrected chi connectivity index (χ1v) is 13.3. The van der Waals surface area contributed by atoms with Crippen molar-refractivity contribution < 1.29 is 8.42 Å². The Kier molecular flexibility index (Phi) is 6.80. The van der Waals surface area contributed by atoms with Crippen LogP contribution in [-0.2, 0) is 16.6 Å². The van der Waals surface area contributed by atoms with Gasteiger partial charge in [0, 0.05) is 32.7 Å². The van der Waals surface area contributed by atoms with Crippen LogP contribution in [0.5, 0.6) is 0 Å². The molecule has 4 aromatic rings. The van der Waals surface area contributed by atoms with E-state index in [1.807, 2.05) is 48.5 Å². The maximum Gasteiger partial charge on any atom is 0.263 e. The predicted octanol–water partition coefficient (Wildman–Crippen LogP) is 4.01. The van der Waals surface area contributed by atoms with Crippen LogP contribution in [0.1, 0.15) is 17.5 Å². The molecular weight excluding hydrogens is 472 g/mol. The maximum atomic E-state index is 13.1. The number of benzene rings is 3. The van der Waals surface area contributed by atoms with E-state index in [0.717, 1.165) is 38.2 Å². The molecule has 1 saturated heterocycles. The molecule has 1 aromatic heterocycles. The van der Waals surface area contributed by atoms with E-state index in [-0.39, 0.29) is 10.7 Å². The number of hydrogen-bond acceptors (Lipinski definition) is 7. The molecule has 1 N–H and O–H groups in total. The maximum absolute atomic E-state index is 13.1. The third-order valence-corrected chi connectivity index (χ3v) is 7.57. The van der Waals surface area contributed by atoms with Gasteiger partial charge in [-0.1, -0.05) is 42.5 Å². The molecule has 1 aliphatic heterocycles. The molecule has 8 nitrogen and oxygen atoms in total. The van der Waals surface area contributed by atoms with E-state index in [9.17, 15) is 8.42 Å². The zero-order chi connectivity index (χ0) is 25.0. The molecular formula is C27H26N6O2S. The Morgan fingerprint density at radius 3 is 2.25 bits per heavy atom. The molecule has 0 bridgehead atoms. The summed E-state index contributed by atoms with van der Waals surface area (Å²) in [6.45, 7) is 3.90. The molecule has 0 unspecified atom stereocenters. The Balaban J connectivity index is 1.40. The second kappa shape index (κ2) is 10.3. The number of para-hydroxylation sites is 2. The molecule has 0 saturated carbocycles. The van der Waals surface area contributed by atoms with Crippen molar-refractivity contribution in [2.24, 2.45) is 0 Å². The molecule has 2 heterocycles.